The number of hydrogen-bond acceptors (Lipinski definition) is 3. The van der Waals surface area contributed by atoms with Gasteiger partial charge in [-0.15, -0.1) is 0 Å². The lowest BCUT2D eigenvalue weighted by molar-refractivity contribution is 0.0690. The van der Waals surface area contributed by atoms with Crippen LogP contribution in [0, 0.1) is 11.6 Å². The molecule has 0 spiro atoms. The van der Waals surface area contributed by atoms with Gasteiger partial charge in [0.25, 0.3) is 0 Å². The number of carboxylic acids is 1. The summed E-state index contributed by atoms with van der Waals surface area (Å²) in [5.41, 5.74) is -0.436. The van der Waals surface area contributed by atoms with Crippen molar-refractivity contribution in [3.8, 4) is 17.0 Å². The second kappa shape index (κ2) is 5.01. The Bertz CT molecular complexity index is 627. The number of aromatic nitrogens is 1. The molecule has 0 fully saturated rings. The summed E-state index contributed by atoms with van der Waals surface area (Å²) >= 11 is 0. The van der Waals surface area contributed by atoms with Crippen LogP contribution in [0.15, 0.2) is 30.5 Å². The third-order valence-corrected chi connectivity index (χ3v) is 2.57. The molecule has 2 aromatic rings. The van der Waals surface area contributed by atoms with E-state index in [9.17, 15) is 13.6 Å². The summed E-state index contributed by atoms with van der Waals surface area (Å²) < 4.78 is 32.2. The van der Waals surface area contributed by atoms with Gasteiger partial charge < -0.3 is 9.84 Å². The second-order valence-electron chi connectivity index (χ2n) is 3.68. The summed E-state index contributed by atoms with van der Waals surface area (Å²) in [4.78, 5) is 14.5. The number of halogens is 2. The lowest BCUT2D eigenvalue weighted by Gasteiger charge is -2.06. The standard InChI is InChI=1S/C13H9F2NO3/c1-19-10-5-2-7(6-16-10)8-3-4-9(13(17)18)12(15)11(8)14/h2-6H,1H3,(H,17,18). The van der Waals surface area contributed by atoms with Crippen molar-refractivity contribution in [2.45, 2.75) is 0 Å². The maximum absolute atomic E-state index is 13.8. The zero-order valence-corrected chi connectivity index (χ0v) is 9.85. The van der Waals surface area contributed by atoms with E-state index in [0.717, 1.165) is 6.07 Å². The van der Waals surface area contributed by atoms with E-state index in [1.807, 2.05) is 0 Å². The molecule has 4 nitrogen and oxygen atoms in total. The van der Waals surface area contributed by atoms with E-state index in [1.165, 1.54) is 31.5 Å². The van der Waals surface area contributed by atoms with Crippen molar-refractivity contribution in [3.05, 3.63) is 47.7 Å². The topological polar surface area (TPSA) is 59.4 Å². The molecule has 0 aliphatic carbocycles. The van der Waals surface area contributed by atoms with Crippen LogP contribution in [0.2, 0.25) is 0 Å². The quantitative estimate of drug-likeness (QED) is 0.927. The van der Waals surface area contributed by atoms with Crippen LogP contribution in [-0.4, -0.2) is 23.2 Å². The first kappa shape index (κ1) is 12.9. The first-order valence-corrected chi connectivity index (χ1v) is 5.26. The van der Waals surface area contributed by atoms with Crippen LogP contribution in [0.25, 0.3) is 11.1 Å². The Morgan fingerprint density at radius 3 is 2.47 bits per heavy atom. The summed E-state index contributed by atoms with van der Waals surface area (Å²) in [5.74, 6) is -3.78. The summed E-state index contributed by atoms with van der Waals surface area (Å²) in [5, 5.41) is 8.68. The molecule has 0 unspecified atom stereocenters. The minimum absolute atomic E-state index is 0.0577. The van der Waals surface area contributed by atoms with Crippen LogP contribution in [0.4, 0.5) is 8.78 Å². The molecule has 1 aromatic heterocycles. The Morgan fingerprint density at radius 2 is 1.95 bits per heavy atom. The number of carbonyl (C=O) groups is 1. The van der Waals surface area contributed by atoms with Crippen molar-refractivity contribution in [1.29, 1.82) is 0 Å². The highest BCUT2D eigenvalue weighted by atomic mass is 19.2. The highest BCUT2D eigenvalue weighted by molar-refractivity contribution is 5.88. The van der Waals surface area contributed by atoms with Crippen LogP contribution in [0.3, 0.4) is 0 Å². The first-order chi connectivity index (χ1) is 9.04. The van der Waals surface area contributed by atoms with Gasteiger partial charge in [0, 0.05) is 23.4 Å². The van der Waals surface area contributed by atoms with E-state index >= 15 is 0 Å². The normalized spacial score (nSPS) is 10.3. The molecule has 0 saturated heterocycles. The molecule has 19 heavy (non-hydrogen) atoms. The highest BCUT2D eigenvalue weighted by Crippen LogP contribution is 2.26. The Labute approximate surface area is 107 Å². The van der Waals surface area contributed by atoms with E-state index in [4.69, 9.17) is 9.84 Å². The summed E-state index contributed by atoms with van der Waals surface area (Å²) in [6.45, 7) is 0. The molecule has 0 radical (unpaired) electrons. The zero-order valence-electron chi connectivity index (χ0n) is 9.85. The molecule has 1 N–H and O–H groups in total. The van der Waals surface area contributed by atoms with Crippen molar-refractivity contribution in [3.63, 3.8) is 0 Å². The fourth-order valence-electron chi connectivity index (χ4n) is 1.60. The van der Waals surface area contributed by atoms with E-state index in [-0.39, 0.29) is 5.56 Å². The number of benzene rings is 1. The molecule has 0 amide bonds. The average molecular weight is 265 g/mol. The summed E-state index contributed by atoms with van der Waals surface area (Å²) in [6.07, 6.45) is 1.32. The predicted molar refractivity (Wildman–Crippen MR) is 63.1 cm³/mol. The minimum Gasteiger partial charge on any atom is -0.481 e. The van der Waals surface area contributed by atoms with Crippen molar-refractivity contribution in [1.82, 2.24) is 4.98 Å². The fourth-order valence-corrected chi connectivity index (χ4v) is 1.60. The van der Waals surface area contributed by atoms with Gasteiger partial charge in [-0.05, 0) is 12.1 Å². The maximum atomic E-state index is 13.8. The lowest BCUT2D eigenvalue weighted by Crippen LogP contribution is -2.04. The van der Waals surface area contributed by atoms with Crippen LogP contribution >= 0.6 is 0 Å². The largest absolute Gasteiger partial charge is 0.481 e. The molecular weight excluding hydrogens is 256 g/mol. The Balaban J connectivity index is 2.50. The van der Waals surface area contributed by atoms with Gasteiger partial charge in [0.15, 0.2) is 11.6 Å². The number of hydrogen-bond donors (Lipinski definition) is 1. The molecule has 0 saturated carbocycles. The number of nitrogens with zero attached hydrogens (tertiary/aromatic N) is 1. The third-order valence-electron chi connectivity index (χ3n) is 2.57. The van der Waals surface area contributed by atoms with Crippen molar-refractivity contribution in [2.75, 3.05) is 7.11 Å². The number of rotatable bonds is 3. The molecule has 0 aliphatic heterocycles. The Kier molecular flexibility index (Phi) is 3.41. The highest BCUT2D eigenvalue weighted by Gasteiger charge is 2.18. The van der Waals surface area contributed by atoms with Gasteiger partial charge in [-0.2, -0.15) is 0 Å². The minimum atomic E-state index is -1.52. The molecular formula is C13H9F2NO3. The van der Waals surface area contributed by atoms with Gasteiger partial charge in [0.05, 0.1) is 12.7 Å². The average Bonchev–Trinajstić information content (AvgIpc) is 2.41. The van der Waals surface area contributed by atoms with Gasteiger partial charge in [0.2, 0.25) is 5.88 Å². The molecule has 0 aliphatic rings. The van der Waals surface area contributed by atoms with Gasteiger partial charge in [-0.25, -0.2) is 18.6 Å². The Morgan fingerprint density at radius 1 is 1.21 bits per heavy atom. The molecule has 2 rings (SSSR count). The van der Waals surface area contributed by atoms with Gasteiger partial charge in [0.1, 0.15) is 0 Å². The molecule has 1 aromatic carbocycles. The molecule has 1 heterocycles. The number of ether oxygens (including phenoxy) is 1. The number of aromatic carboxylic acids is 1. The molecule has 6 heteroatoms. The number of carboxylic acid groups (broad SMARTS) is 1. The van der Waals surface area contributed by atoms with E-state index in [2.05, 4.69) is 4.98 Å². The monoisotopic (exact) mass is 265 g/mol. The van der Waals surface area contributed by atoms with Crippen LogP contribution in [0.5, 0.6) is 5.88 Å². The van der Waals surface area contributed by atoms with Gasteiger partial charge >= 0.3 is 5.97 Å². The van der Waals surface area contributed by atoms with Crippen molar-refractivity contribution < 1.29 is 23.4 Å². The SMILES string of the molecule is COc1ccc(-c2ccc(C(=O)O)c(F)c2F)cn1. The van der Waals surface area contributed by atoms with Gasteiger partial charge in [-0.3, -0.25) is 0 Å². The molecule has 0 atom stereocenters. The van der Waals surface area contributed by atoms with E-state index in [1.54, 1.807) is 0 Å². The maximum Gasteiger partial charge on any atom is 0.338 e. The van der Waals surface area contributed by atoms with Crippen molar-refractivity contribution >= 4 is 5.97 Å². The lowest BCUT2D eigenvalue weighted by atomic mass is 10.0. The summed E-state index contributed by atoms with van der Waals surface area (Å²) in [6, 6.07) is 5.22. The van der Waals surface area contributed by atoms with Gasteiger partial charge in [-0.1, -0.05) is 6.07 Å². The fraction of sp³-hybridized carbons (Fsp3) is 0.0769. The number of pyridine rings is 1. The van der Waals surface area contributed by atoms with Crippen LogP contribution < -0.4 is 4.74 Å². The number of methoxy groups -OCH3 is 1. The second-order valence-corrected chi connectivity index (χ2v) is 3.68. The first-order valence-electron chi connectivity index (χ1n) is 5.26. The molecule has 0 bridgehead atoms. The molecule has 98 valence electrons. The van der Waals surface area contributed by atoms with Crippen LogP contribution in [0.1, 0.15) is 10.4 Å². The van der Waals surface area contributed by atoms with E-state index in [0.29, 0.717) is 11.4 Å². The van der Waals surface area contributed by atoms with E-state index < -0.39 is 23.2 Å². The van der Waals surface area contributed by atoms with Crippen molar-refractivity contribution in [2.24, 2.45) is 0 Å². The smallest absolute Gasteiger partial charge is 0.338 e. The summed E-state index contributed by atoms with van der Waals surface area (Å²) in [7, 11) is 1.43. The zero-order chi connectivity index (χ0) is 14.0. The van der Waals surface area contributed by atoms with Crippen LogP contribution in [-0.2, 0) is 0 Å². The Hall–Kier alpha value is -2.50. The predicted octanol–water partition coefficient (Wildman–Crippen LogP) is 2.73. The third kappa shape index (κ3) is 2.37.